The maximum absolute atomic E-state index is 14.5. The highest BCUT2D eigenvalue weighted by atomic mass is 32.2. The van der Waals surface area contributed by atoms with Crippen LogP contribution in [0.3, 0.4) is 0 Å². The van der Waals surface area contributed by atoms with Crippen LogP contribution >= 0.6 is 11.8 Å². The Morgan fingerprint density at radius 2 is 1.82 bits per heavy atom. The summed E-state index contributed by atoms with van der Waals surface area (Å²) < 4.78 is 30.6. The fourth-order valence-electron chi connectivity index (χ4n) is 3.65. The summed E-state index contributed by atoms with van der Waals surface area (Å²) in [6.07, 6.45) is 0. The average molecular weight is 477 g/mol. The van der Waals surface area contributed by atoms with Gasteiger partial charge in [0.25, 0.3) is 0 Å². The largest absolute Gasteiger partial charge is 0.388 e. The number of carbonyl (C=O) groups excluding carboxylic acids is 1. The molecule has 3 aromatic rings. The van der Waals surface area contributed by atoms with Gasteiger partial charge >= 0.3 is 0 Å². The minimum Gasteiger partial charge on any atom is -0.388 e. The number of aliphatic hydroxyl groups excluding tert-OH is 1. The quantitative estimate of drug-likeness (QED) is 0.418. The highest BCUT2D eigenvalue weighted by molar-refractivity contribution is 7.99. The molecule has 2 aromatic carbocycles. The Morgan fingerprint density at radius 3 is 2.45 bits per heavy atom. The average Bonchev–Trinajstić information content (AvgIpc) is 3.15. The molecule has 1 aliphatic rings. The lowest BCUT2D eigenvalue weighted by Crippen LogP contribution is -2.55. The molecule has 0 radical (unpaired) electrons. The molecule has 0 aliphatic carbocycles. The Labute approximate surface area is 193 Å². The number of hydrogen-bond donors (Lipinski definition) is 2. The molecule has 1 saturated heterocycles. The number of ketones is 1. The molecule has 0 unspecified atom stereocenters. The molecule has 1 aromatic heterocycles. The first kappa shape index (κ1) is 23.3. The molecule has 2 N–H and O–H groups in total. The molecular formula is C22H24F2N5O3S+. The summed E-state index contributed by atoms with van der Waals surface area (Å²) in [7, 11) is 3.50. The van der Waals surface area contributed by atoms with Crippen molar-refractivity contribution in [3.8, 4) is 11.4 Å². The fraction of sp³-hybridized carbons (Fsp3) is 0.318. The van der Waals surface area contributed by atoms with E-state index in [9.17, 15) is 18.8 Å². The number of nitrogens with zero attached hydrogens (tertiary/aromatic N) is 5. The van der Waals surface area contributed by atoms with Crippen LogP contribution in [0.5, 0.6) is 0 Å². The summed E-state index contributed by atoms with van der Waals surface area (Å²) >= 11 is 0.768. The first-order valence-corrected chi connectivity index (χ1v) is 11.1. The lowest BCUT2D eigenvalue weighted by Gasteiger charge is -2.37. The summed E-state index contributed by atoms with van der Waals surface area (Å²) in [6.45, 7) is 1.84. The zero-order valence-electron chi connectivity index (χ0n) is 18.2. The van der Waals surface area contributed by atoms with E-state index in [0.717, 1.165) is 35.1 Å². The molecule has 0 bridgehead atoms. The molecule has 11 heteroatoms. The van der Waals surface area contributed by atoms with Crippen molar-refractivity contribution >= 4 is 23.2 Å². The molecule has 4 rings (SSSR count). The van der Waals surface area contributed by atoms with Gasteiger partial charge in [0.2, 0.25) is 0 Å². The third kappa shape index (κ3) is 4.91. The Morgan fingerprint density at radius 1 is 1.15 bits per heavy atom. The van der Waals surface area contributed by atoms with Crippen molar-refractivity contribution in [2.24, 2.45) is 7.05 Å². The first-order chi connectivity index (χ1) is 15.7. The molecule has 0 saturated carbocycles. The van der Waals surface area contributed by atoms with Crippen molar-refractivity contribution in [2.75, 3.05) is 44.7 Å². The van der Waals surface area contributed by atoms with Gasteiger partial charge in [-0.2, -0.15) is 4.65 Å². The predicted octanol–water partition coefficient (Wildman–Crippen LogP) is 2.74. The van der Waals surface area contributed by atoms with Crippen LogP contribution in [0.2, 0.25) is 0 Å². The fourth-order valence-corrected chi connectivity index (χ4v) is 4.45. The van der Waals surface area contributed by atoms with Gasteiger partial charge in [-0.1, -0.05) is 12.1 Å². The number of carbonyl (C=O) groups is 1. The van der Waals surface area contributed by atoms with Crippen molar-refractivity contribution in [1.82, 2.24) is 14.8 Å². The van der Waals surface area contributed by atoms with Gasteiger partial charge in [-0.25, -0.2) is 14.0 Å². The van der Waals surface area contributed by atoms with Crippen molar-refractivity contribution in [2.45, 2.75) is 10.1 Å². The predicted molar refractivity (Wildman–Crippen MR) is 118 cm³/mol. The van der Waals surface area contributed by atoms with E-state index in [1.54, 1.807) is 18.7 Å². The number of piperazine rings is 1. The molecule has 2 heterocycles. The zero-order chi connectivity index (χ0) is 23.8. The topological polar surface area (TPSA) is 91.5 Å². The molecule has 0 spiro atoms. The number of hydroxylamine groups is 3. The Balaban J connectivity index is 1.58. The zero-order valence-corrected chi connectivity index (χ0v) is 19.0. The summed E-state index contributed by atoms with van der Waals surface area (Å²) in [5.74, 6) is -2.06. The van der Waals surface area contributed by atoms with Crippen LogP contribution in [0, 0.1) is 11.6 Å². The molecule has 1 aliphatic heterocycles. The van der Waals surface area contributed by atoms with E-state index in [0.29, 0.717) is 32.0 Å². The number of halogens is 2. The number of hydrogen-bond acceptors (Lipinski definition) is 7. The number of likely N-dealkylation sites (N-methyl/N-ethyl adjacent to an activating group) is 1. The molecular weight excluding hydrogens is 452 g/mol. The van der Waals surface area contributed by atoms with Crippen molar-refractivity contribution in [3.05, 3.63) is 53.6 Å². The second-order valence-corrected chi connectivity index (χ2v) is 9.12. The first-order valence-electron chi connectivity index (χ1n) is 10.3. The molecule has 8 nitrogen and oxygen atoms in total. The van der Waals surface area contributed by atoms with Crippen LogP contribution in [0.15, 0.2) is 46.5 Å². The van der Waals surface area contributed by atoms with Crippen molar-refractivity contribution in [1.29, 1.82) is 0 Å². The van der Waals surface area contributed by atoms with E-state index >= 15 is 0 Å². The minimum atomic E-state index is -0.914. The van der Waals surface area contributed by atoms with Gasteiger partial charge in [0, 0.05) is 23.9 Å². The van der Waals surface area contributed by atoms with E-state index in [1.165, 1.54) is 0 Å². The smallest absolute Gasteiger partial charge is 0.196 e. The highest BCUT2D eigenvalue weighted by Gasteiger charge is 2.27. The maximum atomic E-state index is 14.5. The Kier molecular flexibility index (Phi) is 6.48. The van der Waals surface area contributed by atoms with Gasteiger partial charge in [-0.15, -0.1) is 10.2 Å². The van der Waals surface area contributed by atoms with Crippen LogP contribution in [0.25, 0.3) is 11.4 Å². The number of benzene rings is 2. The number of aliphatic hydroxyl groups is 1. The second-order valence-electron chi connectivity index (χ2n) is 8.14. The van der Waals surface area contributed by atoms with E-state index in [-0.39, 0.29) is 20.3 Å². The lowest BCUT2D eigenvalue weighted by atomic mass is 10.1. The highest BCUT2D eigenvalue weighted by Crippen LogP contribution is 2.34. The third-order valence-corrected chi connectivity index (χ3v) is 6.80. The van der Waals surface area contributed by atoms with Crippen LogP contribution < -0.4 is 4.90 Å². The van der Waals surface area contributed by atoms with Crippen LogP contribution in [-0.4, -0.2) is 75.3 Å². The number of anilines is 1. The number of aromatic nitrogens is 3. The summed E-state index contributed by atoms with van der Waals surface area (Å²) in [5, 5.41) is 27.6. The maximum Gasteiger partial charge on any atom is 0.196 e. The van der Waals surface area contributed by atoms with E-state index < -0.39 is 24.0 Å². The molecule has 33 heavy (non-hydrogen) atoms. The monoisotopic (exact) mass is 476 g/mol. The SMILES string of the molecule is Cn1c(Sc2c(F)cc(C(=O)CO)cc2F)nnc1-c1cccc(N2CC[N+](C)(O)CC2)c1. The molecule has 1 fully saturated rings. The van der Waals surface area contributed by atoms with Gasteiger partial charge in [0.1, 0.15) is 31.3 Å². The van der Waals surface area contributed by atoms with Crippen molar-refractivity contribution < 1.29 is 28.5 Å². The summed E-state index contributed by atoms with van der Waals surface area (Å²) in [6, 6.07) is 9.56. The van der Waals surface area contributed by atoms with Crippen LogP contribution in [0.4, 0.5) is 14.5 Å². The van der Waals surface area contributed by atoms with Crippen molar-refractivity contribution in [3.63, 3.8) is 0 Å². The van der Waals surface area contributed by atoms with Gasteiger partial charge in [0.15, 0.2) is 16.8 Å². The van der Waals surface area contributed by atoms with Crippen LogP contribution in [0.1, 0.15) is 10.4 Å². The standard InChI is InChI=1S/C22H24F2N5O3S/c1-27-21(14-4-3-5-16(10-14)28-6-8-29(2,32)9-7-28)25-26-22(27)33-20-17(23)11-15(12-18(20)24)19(31)13-30/h3-5,10-12,30,32H,6-9,13H2,1-2H3/q+1. The summed E-state index contributed by atoms with van der Waals surface area (Å²) in [5.41, 5.74) is 1.56. The molecule has 0 amide bonds. The van der Waals surface area contributed by atoms with E-state index in [4.69, 9.17) is 5.11 Å². The van der Waals surface area contributed by atoms with E-state index in [2.05, 4.69) is 15.1 Å². The number of quaternary nitrogens is 1. The van der Waals surface area contributed by atoms with Crippen LogP contribution in [-0.2, 0) is 7.05 Å². The Hall–Kier alpha value is -2.86. The molecule has 174 valence electrons. The second kappa shape index (κ2) is 9.18. The number of rotatable bonds is 6. The lowest BCUT2D eigenvalue weighted by molar-refractivity contribution is -1.09. The van der Waals surface area contributed by atoms with Gasteiger partial charge in [-0.05, 0) is 36.0 Å². The third-order valence-electron chi connectivity index (χ3n) is 5.66. The number of Topliss-reactive ketones (excluding diaryl/α,β-unsaturated/α-hetero) is 1. The normalized spacial score (nSPS) is 15.6. The summed E-state index contributed by atoms with van der Waals surface area (Å²) in [4.78, 5) is 13.4. The van der Waals surface area contributed by atoms with E-state index in [1.807, 2.05) is 24.3 Å². The van der Waals surface area contributed by atoms with Gasteiger partial charge in [0.05, 0.1) is 25.0 Å². The van der Waals surface area contributed by atoms with Gasteiger partial charge in [-0.3, -0.25) is 4.79 Å². The molecule has 0 atom stereocenters. The Bertz CT molecular complexity index is 1170. The minimum absolute atomic E-state index is 0.00230. The van der Waals surface area contributed by atoms with Gasteiger partial charge < -0.3 is 14.6 Å².